The van der Waals surface area contributed by atoms with Crippen molar-refractivity contribution in [1.82, 2.24) is 15.0 Å². The van der Waals surface area contributed by atoms with E-state index >= 15 is 0 Å². The van der Waals surface area contributed by atoms with Gasteiger partial charge in [0.2, 0.25) is 0 Å². The first kappa shape index (κ1) is 15.0. The molecule has 0 radical (unpaired) electrons. The van der Waals surface area contributed by atoms with Crippen LogP contribution in [0.15, 0.2) is 30.5 Å². The van der Waals surface area contributed by atoms with Gasteiger partial charge in [-0.3, -0.25) is 4.68 Å². The SMILES string of the molecule is Cc1cccc(NC(C(=O)O)c2cn(CCCO)nn2)c1. The smallest absolute Gasteiger partial charge is 0.332 e. The Morgan fingerprint density at radius 2 is 2.29 bits per heavy atom. The summed E-state index contributed by atoms with van der Waals surface area (Å²) in [6, 6.07) is 6.50. The number of aromatic nitrogens is 3. The van der Waals surface area contributed by atoms with Gasteiger partial charge in [-0.05, 0) is 31.0 Å². The van der Waals surface area contributed by atoms with Crippen LogP contribution >= 0.6 is 0 Å². The zero-order chi connectivity index (χ0) is 15.2. The first-order valence-electron chi connectivity index (χ1n) is 6.67. The Kier molecular flexibility index (Phi) is 4.89. The van der Waals surface area contributed by atoms with Crippen LogP contribution in [0.5, 0.6) is 0 Å². The minimum atomic E-state index is -1.02. The number of benzene rings is 1. The molecule has 1 heterocycles. The normalized spacial score (nSPS) is 12.1. The van der Waals surface area contributed by atoms with Crippen LogP contribution in [0.2, 0.25) is 0 Å². The zero-order valence-corrected chi connectivity index (χ0v) is 11.7. The van der Waals surface area contributed by atoms with Crippen molar-refractivity contribution in [1.29, 1.82) is 0 Å². The highest BCUT2D eigenvalue weighted by Crippen LogP contribution is 2.19. The molecule has 0 amide bonds. The lowest BCUT2D eigenvalue weighted by Gasteiger charge is -2.13. The van der Waals surface area contributed by atoms with Crippen LogP contribution in [0, 0.1) is 6.92 Å². The third-order valence-corrected chi connectivity index (χ3v) is 2.97. The van der Waals surface area contributed by atoms with Gasteiger partial charge in [0, 0.05) is 18.8 Å². The number of hydrogen-bond acceptors (Lipinski definition) is 5. The number of carbonyl (C=O) groups is 1. The second-order valence-electron chi connectivity index (χ2n) is 4.77. The highest BCUT2D eigenvalue weighted by atomic mass is 16.4. The standard InChI is InChI=1S/C14H18N4O3/c1-10-4-2-5-11(8-10)15-13(14(20)21)12-9-18(17-16-12)6-3-7-19/h2,4-5,8-9,13,15,19H,3,6-7H2,1H3,(H,20,21). The van der Waals surface area contributed by atoms with Crippen molar-refractivity contribution in [3.8, 4) is 0 Å². The molecule has 0 aliphatic carbocycles. The zero-order valence-electron chi connectivity index (χ0n) is 11.7. The van der Waals surface area contributed by atoms with E-state index in [4.69, 9.17) is 5.11 Å². The maximum atomic E-state index is 11.4. The molecule has 2 rings (SSSR count). The Balaban J connectivity index is 2.15. The average Bonchev–Trinajstić information content (AvgIpc) is 2.91. The number of hydrogen-bond donors (Lipinski definition) is 3. The Morgan fingerprint density at radius 1 is 1.48 bits per heavy atom. The van der Waals surface area contributed by atoms with Gasteiger partial charge in [0.25, 0.3) is 0 Å². The first-order chi connectivity index (χ1) is 10.1. The molecule has 7 nitrogen and oxygen atoms in total. The van der Waals surface area contributed by atoms with Crippen LogP contribution in [0.4, 0.5) is 5.69 Å². The molecule has 21 heavy (non-hydrogen) atoms. The van der Waals surface area contributed by atoms with Gasteiger partial charge < -0.3 is 15.5 Å². The molecular formula is C14H18N4O3. The summed E-state index contributed by atoms with van der Waals surface area (Å²) in [7, 11) is 0. The molecule has 1 aromatic carbocycles. The van der Waals surface area contributed by atoms with Gasteiger partial charge >= 0.3 is 5.97 Å². The van der Waals surface area contributed by atoms with Crippen molar-refractivity contribution in [3.63, 3.8) is 0 Å². The van der Waals surface area contributed by atoms with Crippen LogP contribution in [0.1, 0.15) is 23.7 Å². The summed E-state index contributed by atoms with van der Waals surface area (Å²) in [5.74, 6) is -1.02. The summed E-state index contributed by atoms with van der Waals surface area (Å²) in [6.45, 7) is 2.49. The quantitative estimate of drug-likeness (QED) is 0.708. The van der Waals surface area contributed by atoms with E-state index < -0.39 is 12.0 Å². The van der Waals surface area contributed by atoms with Gasteiger partial charge in [0.1, 0.15) is 5.69 Å². The lowest BCUT2D eigenvalue weighted by molar-refractivity contribution is -0.138. The molecule has 1 atom stereocenters. The molecule has 1 unspecified atom stereocenters. The second kappa shape index (κ2) is 6.85. The van der Waals surface area contributed by atoms with Crippen molar-refractivity contribution >= 4 is 11.7 Å². The predicted octanol–water partition coefficient (Wildman–Crippen LogP) is 1.21. The summed E-state index contributed by atoms with van der Waals surface area (Å²) >= 11 is 0. The summed E-state index contributed by atoms with van der Waals surface area (Å²) < 4.78 is 1.53. The maximum absolute atomic E-state index is 11.4. The van der Waals surface area contributed by atoms with Crippen LogP contribution in [0.25, 0.3) is 0 Å². The fourth-order valence-corrected chi connectivity index (χ4v) is 1.95. The van der Waals surface area contributed by atoms with Crippen LogP contribution in [-0.4, -0.2) is 37.8 Å². The number of nitrogens with zero attached hydrogens (tertiary/aromatic N) is 3. The van der Waals surface area contributed by atoms with Crippen molar-refractivity contribution in [3.05, 3.63) is 41.7 Å². The number of aliphatic hydroxyl groups excluding tert-OH is 1. The summed E-state index contributed by atoms with van der Waals surface area (Å²) in [4.78, 5) is 11.4. The Hall–Kier alpha value is -2.41. The molecule has 0 bridgehead atoms. The topological polar surface area (TPSA) is 100 Å². The van der Waals surface area contributed by atoms with E-state index in [-0.39, 0.29) is 6.61 Å². The van der Waals surface area contributed by atoms with E-state index in [1.165, 1.54) is 4.68 Å². The van der Waals surface area contributed by atoms with E-state index in [9.17, 15) is 9.90 Å². The minimum Gasteiger partial charge on any atom is -0.479 e. The number of nitrogens with one attached hydrogen (secondary N) is 1. The Morgan fingerprint density at radius 3 is 2.95 bits per heavy atom. The molecule has 0 aliphatic heterocycles. The number of aliphatic hydroxyl groups is 1. The van der Waals surface area contributed by atoms with Crippen molar-refractivity contribution in [2.45, 2.75) is 25.9 Å². The molecule has 0 fully saturated rings. The number of aryl methyl sites for hydroxylation is 2. The van der Waals surface area contributed by atoms with Crippen LogP contribution in [-0.2, 0) is 11.3 Å². The maximum Gasteiger partial charge on any atom is 0.332 e. The lowest BCUT2D eigenvalue weighted by Crippen LogP contribution is -2.21. The second-order valence-corrected chi connectivity index (χ2v) is 4.77. The monoisotopic (exact) mass is 290 g/mol. The summed E-state index contributed by atoms with van der Waals surface area (Å²) in [5, 5.41) is 28.9. The molecule has 1 aromatic heterocycles. The van der Waals surface area contributed by atoms with Crippen LogP contribution < -0.4 is 5.32 Å². The van der Waals surface area contributed by atoms with Gasteiger partial charge in [-0.25, -0.2) is 4.79 Å². The van der Waals surface area contributed by atoms with Gasteiger partial charge in [0.15, 0.2) is 6.04 Å². The van der Waals surface area contributed by atoms with Gasteiger partial charge in [-0.1, -0.05) is 17.3 Å². The van der Waals surface area contributed by atoms with Crippen molar-refractivity contribution in [2.24, 2.45) is 0 Å². The molecule has 0 saturated heterocycles. The molecule has 2 aromatic rings. The lowest BCUT2D eigenvalue weighted by atomic mass is 10.1. The summed E-state index contributed by atoms with van der Waals surface area (Å²) in [5.41, 5.74) is 2.09. The first-order valence-corrected chi connectivity index (χ1v) is 6.67. The summed E-state index contributed by atoms with van der Waals surface area (Å²) in [6.07, 6.45) is 2.13. The van der Waals surface area contributed by atoms with Gasteiger partial charge in [-0.15, -0.1) is 5.10 Å². The highest BCUT2D eigenvalue weighted by Gasteiger charge is 2.23. The highest BCUT2D eigenvalue weighted by molar-refractivity contribution is 5.78. The Labute approximate surface area is 122 Å². The predicted molar refractivity (Wildman–Crippen MR) is 76.9 cm³/mol. The number of anilines is 1. The number of rotatable bonds is 7. The molecule has 0 saturated carbocycles. The molecule has 112 valence electrons. The van der Waals surface area contributed by atoms with E-state index in [0.29, 0.717) is 24.3 Å². The van der Waals surface area contributed by atoms with E-state index in [1.807, 2.05) is 25.1 Å². The van der Waals surface area contributed by atoms with Crippen LogP contribution in [0.3, 0.4) is 0 Å². The average molecular weight is 290 g/mol. The number of carboxylic acid groups (broad SMARTS) is 1. The molecular weight excluding hydrogens is 272 g/mol. The van der Waals surface area contributed by atoms with E-state index in [0.717, 1.165) is 5.56 Å². The molecule has 3 N–H and O–H groups in total. The third-order valence-electron chi connectivity index (χ3n) is 2.97. The van der Waals surface area contributed by atoms with Crippen molar-refractivity contribution in [2.75, 3.05) is 11.9 Å². The van der Waals surface area contributed by atoms with Gasteiger partial charge in [-0.2, -0.15) is 0 Å². The number of aliphatic carboxylic acids is 1. The largest absolute Gasteiger partial charge is 0.479 e. The molecule has 7 heteroatoms. The molecule has 0 spiro atoms. The van der Waals surface area contributed by atoms with E-state index in [2.05, 4.69) is 15.6 Å². The Bertz CT molecular complexity index is 612. The minimum absolute atomic E-state index is 0.0547. The van der Waals surface area contributed by atoms with Gasteiger partial charge in [0.05, 0.1) is 6.20 Å². The third kappa shape index (κ3) is 4.03. The fraction of sp³-hybridized carbons (Fsp3) is 0.357. The molecule has 0 aliphatic rings. The number of carboxylic acids is 1. The fourth-order valence-electron chi connectivity index (χ4n) is 1.95. The van der Waals surface area contributed by atoms with Crippen molar-refractivity contribution < 1.29 is 15.0 Å². The van der Waals surface area contributed by atoms with E-state index in [1.54, 1.807) is 12.3 Å².